The van der Waals surface area contributed by atoms with Gasteiger partial charge in [0.2, 0.25) is 0 Å². The molecule has 7 nitrogen and oxygen atoms in total. The summed E-state index contributed by atoms with van der Waals surface area (Å²) >= 11 is 0. The van der Waals surface area contributed by atoms with Crippen LogP contribution in [0.15, 0.2) is 48.5 Å². The molecule has 204 valence electrons. The Balaban J connectivity index is 0.00000241. The number of nitrogens with zero attached hydrogens (tertiary/aromatic N) is 1. The van der Waals surface area contributed by atoms with E-state index in [0.717, 1.165) is 31.5 Å². The smallest absolute Gasteiger partial charge is 0.338 e. The van der Waals surface area contributed by atoms with Gasteiger partial charge in [-0.1, -0.05) is 43.5 Å². The van der Waals surface area contributed by atoms with E-state index in [9.17, 15) is 9.59 Å². The molecule has 1 atom stereocenters. The molecule has 2 fully saturated rings. The predicted molar refractivity (Wildman–Crippen MR) is 153 cm³/mol. The number of rotatable bonds is 9. The van der Waals surface area contributed by atoms with E-state index >= 15 is 0 Å². The Hall–Kier alpha value is -2.32. The van der Waals surface area contributed by atoms with Crippen molar-refractivity contribution >= 4 is 42.5 Å². The minimum atomic E-state index is -0.343. The number of halogens is 2. The highest BCUT2D eigenvalue weighted by Crippen LogP contribution is 2.23. The molecule has 1 heterocycles. The molecule has 2 aliphatic rings. The molecule has 0 radical (unpaired) electrons. The van der Waals surface area contributed by atoms with Crippen molar-refractivity contribution in [1.29, 1.82) is 0 Å². The van der Waals surface area contributed by atoms with E-state index in [-0.39, 0.29) is 42.9 Å². The molecular weight excluding hydrogens is 511 g/mol. The summed E-state index contributed by atoms with van der Waals surface area (Å²) < 4.78 is 5.39. The standard InChI is InChI=1S/C28H38N4O3.2ClH/c1-32(26-11-3-2-4-12-26)19-23-9-6-5-8-22(23)18-30-28(34)31-24-15-13-21(14-16-24)27(33)35-20-25-10-7-17-29-25;;/h5-6,8-9,13-16,25-26,29H,2-4,7,10-12,17-20H2,1H3,(H2,30,31,34);2*1H. The Bertz CT molecular complexity index is 978. The van der Waals surface area contributed by atoms with Crippen LogP contribution in [-0.4, -0.2) is 49.2 Å². The Morgan fingerprint density at radius 2 is 1.65 bits per heavy atom. The number of benzene rings is 2. The van der Waals surface area contributed by atoms with Crippen molar-refractivity contribution in [2.45, 2.75) is 70.1 Å². The number of esters is 1. The number of anilines is 1. The lowest BCUT2D eigenvalue weighted by Gasteiger charge is -2.31. The zero-order valence-corrected chi connectivity index (χ0v) is 23.2. The molecule has 2 aromatic carbocycles. The third kappa shape index (κ3) is 9.49. The highest BCUT2D eigenvalue weighted by atomic mass is 35.5. The monoisotopic (exact) mass is 550 g/mol. The van der Waals surface area contributed by atoms with E-state index in [1.54, 1.807) is 24.3 Å². The first-order valence-electron chi connectivity index (χ1n) is 12.9. The molecule has 4 rings (SSSR count). The lowest BCUT2D eigenvalue weighted by atomic mass is 9.94. The summed E-state index contributed by atoms with van der Waals surface area (Å²) in [6.07, 6.45) is 8.68. The fourth-order valence-corrected chi connectivity index (χ4v) is 5.00. The third-order valence-corrected chi connectivity index (χ3v) is 7.13. The summed E-state index contributed by atoms with van der Waals surface area (Å²) in [5, 5.41) is 9.12. The SMILES string of the molecule is CN(Cc1ccccc1CNC(=O)Nc1ccc(C(=O)OCC2CCCN2)cc1)C1CCCCC1.Cl.Cl. The Labute approximate surface area is 232 Å². The number of hydrogen-bond donors (Lipinski definition) is 3. The van der Waals surface area contributed by atoms with Crippen molar-refractivity contribution in [1.82, 2.24) is 15.5 Å². The van der Waals surface area contributed by atoms with Crippen molar-refractivity contribution < 1.29 is 14.3 Å². The Morgan fingerprint density at radius 1 is 0.946 bits per heavy atom. The van der Waals surface area contributed by atoms with Crippen molar-refractivity contribution in [3.05, 3.63) is 65.2 Å². The van der Waals surface area contributed by atoms with Gasteiger partial charge < -0.3 is 20.7 Å². The summed E-state index contributed by atoms with van der Waals surface area (Å²) in [4.78, 5) is 27.2. The fourth-order valence-electron chi connectivity index (χ4n) is 5.00. The molecule has 0 bridgehead atoms. The summed E-state index contributed by atoms with van der Waals surface area (Å²) in [5.41, 5.74) is 3.48. The molecule has 1 saturated heterocycles. The number of ether oxygens (including phenoxy) is 1. The van der Waals surface area contributed by atoms with E-state index in [4.69, 9.17) is 4.74 Å². The van der Waals surface area contributed by atoms with Gasteiger partial charge in [0.15, 0.2) is 0 Å². The molecule has 2 aromatic rings. The van der Waals surface area contributed by atoms with Gasteiger partial charge in [0.25, 0.3) is 0 Å². The van der Waals surface area contributed by atoms with Gasteiger partial charge in [-0.2, -0.15) is 0 Å². The van der Waals surface area contributed by atoms with E-state index in [1.165, 1.54) is 37.7 Å². The van der Waals surface area contributed by atoms with Gasteiger partial charge in [0.05, 0.1) is 5.56 Å². The average Bonchev–Trinajstić information content (AvgIpc) is 3.41. The predicted octanol–water partition coefficient (Wildman–Crippen LogP) is 5.53. The largest absolute Gasteiger partial charge is 0.460 e. The average molecular weight is 552 g/mol. The number of carbonyl (C=O) groups excluding carboxylic acids is 2. The van der Waals surface area contributed by atoms with Gasteiger partial charge in [-0.3, -0.25) is 4.90 Å². The second kappa shape index (κ2) is 15.8. The Morgan fingerprint density at radius 3 is 2.32 bits per heavy atom. The first-order valence-corrected chi connectivity index (χ1v) is 12.9. The maximum atomic E-state index is 12.5. The number of carbonyl (C=O) groups is 2. The molecule has 3 N–H and O–H groups in total. The summed E-state index contributed by atoms with van der Waals surface area (Å²) in [5.74, 6) is -0.343. The van der Waals surface area contributed by atoms with E-state index in [2.05, 4.69) is 46.1 Å². The van der Waals surface area contributed by atoms with Crippen LogP contribution in [0.1, 0.15) is 66.4 Å². The summed E-state index contributed by atoms with van der Waals surface area (Å²) in [6.45, 7) is 2.71. The zero-order chi connectivity index (χ0) is 24.5. The minimum Gasteiger partial charge on any atom is -0.460 e. The maximum Gasteiger partial charge on any atom is 0.338 e. The topological polar surface area (TPSA) is 82.7 Å². The summed E-state index contributed by atoms with van der Waals surface area (Å²) in [7, 11) is 2.21. The maximum absolute atomic E-state index is 12.5. The number of amides is 2. The lowest BCUT2D eigenvalue weighted by molar-refractivity contribution is 0.0473. The van der Waals surface area contributed by atoms with Gasteiger partial charge in [-0.25, -0.2) is 9.59 Å². The third-order valence-electron chi connectivity index (χ3n) is 7.13. The second-order valence-electron chi connectivity index (χ2n) is 9.75. The van der Waals surface area contributed by atoms with Gasteiger partial charge >= 0.3 is 12.0 Å². The van der Waals surface area contributed by atoms with Crippen LogP contribution in [-0.2, 0) is 17.8 Å². The number of nitrogens with one attached hydrogen (secondary N) is 3. The first-order chi connectivity index (χ1) is 17.1. The van der Waals surface area contributed by atoms with Crippen LogP contribution in [0.2, 0.25) is 0 Å². The van der Waals surface area contributed by atoms with E-state index in [1.807, 2.05) is 6.07 Å². The lowest BCUT2D eigenvalue weighted by Crippen LogP contribution is -2.33. The van der Waals surface area contributed by atoms with Crippen LogP contribution >= 0.6 is 24.8 Å². The minimum absolute atomic E-state index is 0. The van der Waals surface area contributed by atoms with Gasteiger partial charge in [-0.15, -0.1) is 24.8 Å². The van der Waals surface area contributed by atoms with E-state index < -0.39 is 0 Å². The highest BCUT2D eigenvalue weighted by Gasteiger charge is 2.19. The molecule has 1 saturated carbocycles. The normalized spacial score (nSPS) is 17.4. The molecule has 0 spiro atoms. The molecule has 37 heavy (non-hydrogen) atoms. The molecular formula is C28H40Cl2N4O3. The second-order valence-corrected chi connectivity index (χ2v) is 9.75. The van der Waals surface area contributed by atoms with Crippen LogP contribution in [0.4, 0.5) is 10.5 Å². The molecule has 2 amide bonds. The number of hydrogen-bond acceptors (Lipinski definition) is 5. The molecule has 0 aromatic heterocycles. The van der Waals surface area contributed by atoms with Crippen molar-refractivity contribution in [2.24, 2.45) is 0 Å². The van der Waals surface area contributed by atoms with Crippen LogP contribution in [0.25, 0.3) is 0 Å². The van der Waals surface area contributed by atoms with Gasteiger partial charge in [0.1, 0.15) is 6.61 Å². The zero-order valence-electron chi connectivity index (χ0n) is 21.5. The number of urea groups is 1. The quantitative estimate of drug-likeness (QED) is 0.358. The fraction of sp³-hybridized carbons (Fsp3) is 0.500. The van der Waals surface area contributed by atoms with Crippen LogP contribution in [0.3, 0.4) is 0 Å². The Kier molecular flexibility index (Phi) is 13.2. The van der Waals surface area contributed by atoms with Crippen LogP contribution < -0.4 is 16.0 Å². The molecule has 9 heteroatoms. The molecule has 1 aliphatic heterocycles. The molecule has 1 unspecified atom stereocenters. The van der Waals surface area contributed by atoms with Gasteiger partial charge in [0, 0.05) is 30.9 Å². The van der Waals surface area contributed by atoms with Crippen molar-refractivity contribution in [3.8, 4) is 0 Å². The van der Waals surface area contributed by atoms with Crippen molar-refractivity contribution in [2.75, 3.05) is 25.5 Å². The van der Waals surface area contributed by atoms with Crippen LogP contribution in [0, 0.1) is 0 Å². The summed E-state index contributed by atoms with van der Waals surface area (Å²) in [6, 6.07) is 15.7. The van der Waals surface area contributed by atoms with Crippen molar-refractivity contribution in [3.63, 3.8) is 0 Å². The first kappa shape index (κ1) is 30.9. The van der Waals surface area contributed by atoms with Gasteiger partial charge in [-0.05, 0) is 74.7 Å². The highest BCUT2D eigenvalue weighted by molar-refractivity contribution is 5.92. The molecule has 1 aliphatic carbocycles. The van der Waals surface area contributed by atoms with E-state index in [0.29, 0.717) is 30.4 Å². The van der Waals surface area contributed by atoms with Crippen LogP contribution in [0.5, 0.6) is 0 Å².